The van der Waals surface area contributed by atoms with Crippen molar-refractivity contribution in [1.82, 2.24) is 10.3 Å². The minimum absolute atomic E-state index is 0.196. The molecular weight excluding hydrogens is 464 g/mol. The number of Topliss-reactive ketones (excluding diaryl/α,β-unsaturated/α-hetero) is 1. The Labute approximate surface area is 208 Å². The molecule has 4 rings (SSSR count). The van der Waals surface area contributed by atoms with Crippen molar-refractivity contribution in [3.05, 3.63) is 106 Å². The standard InChI is InChI=1S/C28H25ClN2O4/c1-2-18-7-9-19(10-8-18)26(32)17-35-28(34)25(31-27(33)20-11-13-22(29)14-12-20)15-21-16-30-24-6-4-3-5-23(21)24/h3-14,16,25,30H,2,15,17H2,1H3,(H,31,33)/t25-/m1/s1. The number of benzene rings is 3. The molecule has 0 radical (unpaired) electrons. The van der Waals surface area contributed by atoms with Gasteiger partial charge in [0, 0.05) is 39.7 Å². The molecule has 6 nitrogen and oxygen atoms in total. The zero-order valence-corrected chi connectivity index (χ0v) is 20.0. The van der Waals surface area contributed by atoms with Crippen LogP contribution in [-0.2, 0) is 22.4 Å². The summed E-state index contributed by atoms with van der Waals surface area (Å²) in [5, 5.41) is 4.20. The molecule has 0 saturated heterocycles. The number of rotatable bonds is 9. The van der Waals surface area contributed by atoms with E-state index in [4.69, 9.17) is 16.3 Å². The highest BCUT2D eigenvalue weighted by Gasteiger charge is 2.25. The number of para-hydroxylation sites is 1. The number of ketones is 1. The van der Waals surface area contributed by atoms with Crippen LogP contribution < -0.4 is 5.32 Å². The van der Waals surface area contributed by atoms with Crippen LogP contribution in [0.4, 0.5) is 0 Å². The Morgan fingerprint density at radius 3 is 2.34 bits per heavy atom. The quantitative estimate of drug-likeness (QED) is 0.252. The van der Waals surface area contributed by atoms with Crippen molar-refractivity contribution in [3.63, 3.8) is 0 Å². The molecular formula is C28H25ClN2O4. The zero-order valence-electron chi connectivity index (χ0n) is 19.2. The molecule has 0 spiro atoms. The van der Waals surface area contributed by atoms with Crippen LogP contribution >= 0.6 is 11.6 Å². The first-order chi connectivity index (χ1) is 16.9. The van der Waals surface area contributed by atoms with Crippen LogP contribution in [0.3, 0.4) is 0 Å². The summed E-state index contributed by atoms with van der Waals surface area (Å²) in [7, 11) is 0. The van der Waals surface area contributed by atoms with Crippen LogP contribution in [-0.4, -0.2) is 35.3 Å². The summed E-state index contributed by atoms with van der Waals surface area (Å²) in [6, 6.07) is 20.3. The molecule has 1 amide bonds. The summed E-state index contributed by atoms with van der Waals surface area (Å²) < 4.78 is 5.36. The van der Waals surface area contributed by atoms with E-state index in [2.05, 4.69) is 10.3 Å². The molecule has 0 saturated carbocycles. The molecule has 0 aliphatic rings. The number of aromatic amines is 1. The predicted octanol–water partition coefficient (Wildman–Crippen LogP) is 5.15. The number of fused-ring (bicyclic) bond motifs is 1. The van der Waals surface area contributed by atoms with Gasteiger partial charge in [-0.05, 0) is 47.9 Å². The van der Waals surface area contributed by atoms with Crippen LogP contribution in [0, 0.1) is 0 Å². The number of carbonyl (C=O) groups excluding carboxylic acids is 3. The highest BCUT2D eigenvalue weighted by Crippen LogP contribution is 2.20. The zero-order chi connectivity index (χ0) is 24.8. The third-order valence-corrected chi connectivity index (χ3v) is 6.08. The van der Waals surface area contributed by atoms with Gasteiger partial charge in [-0.1, -0.05) is 61.0 Å². The minimum Gasteiger partial charge on any atom is -0.456 e. The van der Waals surface area contributed by atoms with Crippen molar-refractivity contribution < 1.29 is 19.1 Å². The van der Waals surface area contributed by atoms with Gasteiger partial charge in [0.05, 0.1) is 0 Å². The Balaban J connectivity index is 1.50. The second-order valence-corrected chi connectivity index (χ2v) is 8.61. The largest absolute Gasteiger partial charge is 0.456 e. The third kappa shape index (κ3) is 5.97. The lowest BCUT2D eigenvalue weighted by Crippen LogP contribution is -2.43. The van der Waals surface area contributed by atoms with Gasteiger partial charge in [0.1, 0.15) is 6.04 Å². The molecule has 2 N–H and O–H groups in total. The highest BCUT2D eigenvalue weighted by molar-refractivity contribution is 6.30. The summed E-state index contributed by atoms with van der Waals surface area (Å²) in [5.74, 6) is -1.43. The number of aryl methyl sites for hydroxylation is 1. The van der Waals surface area contributed by atoms with Crippen LogP contribution in [0.2, 0.25) is 5.02 Å². The Morgan fingerprint density at radius 1 is 0.943 bits per heavy atom. The van der Waals surface area contributed by atoms with Crippen molar-refractivity contribution in [2.75, 3.05) is 6.61 Å². The molecule has 35 heavy (non-hydrogen) atoms. The number of halogens is 1. The molecule has 0 unspecified atom stereocenters. The first-order valence-corrected chi connectivity index (χ1v) is 11.7. The van der Waals surface area contributed by atoms with Gasteiger partial charge in [0.15, 0.2) is 12.4 Å². The Morgan fingerprint density at radius 2 is 1.63 bits per heavy atom. The van der Waals surface area contributed by atoms with Crippen molar-refractivity contribution >= 4 is 40.2 Å². The van der Waals surface area contributed by atoms with Gasteiger partial charge in [-0.2, -0.15) is 0 Å². The molecule has 4 aromatic rings. The molecule has 1 heterocycles. The van der Waals surface area contributed by atoms with Crippen molar-refractivity contribution in [2.45, 2.75) is 25.8 Å². The summed E-state index contributed by atoms with van der Waals surface area (Å²) >= 11 is 5.92. The fourth-order valence-electron chi connectivity index (χ4n) is 3.80. The highest BCUT2D eigenvalue weighted by atomic mass is 35.5. The van der Waals surface area contributed by atoms with E-state index in [0.29, 0.717) is 16.1 Å². The lowest BCUT2D eigenvalue weighted by Gasteiger charge is -2.18. The number of nitrogens with one attached hydrogen (secondary N) is 2. The van der Waals surface area contributed by atoms with E-state index in [1.54, 1.807) is 42.6 Å². The normalized spacial score (nSPS) is 11.7. The van der Waals surface area contributed by atoms with E-state index in [1.165, 1.54) is 0 Å². The van der Waals surface area contributed by atoms with Gasteiger partial charge in [0.2, 0.25) is 0 Å². The summed E-state index contributed by atoms with van der Waals surface area (Å²) in [6.07, 6.45) is 2.87. The number of aromatic nitrogens is 1. The summed E-state index contributed by atoms with van der Waals surface area (Å²) in [6.45, 7) is 1.62. The molecule has 0 aliphatic heterocycles. The van der Waals surface area contributed by atoms with Crippen molar-refractivity contribution in [1.29, 1.82) is 0 Å². The Bertz CT molecular complexity index is 1340. The Kier molecular flexibility index (Phi) is 7.63. The second-order valence-electron chi connectivity index (χ2n) is 8.18. The van der Waals surface area contributed by atoms with Crippen molar-refractivity contribution in [2.24, 2.45) is 0 Å². The van der Waals surface area contributed by atoms with Crippen LogP contribution in [0.15, 0.2) is 79.0 Å². The van der Waals surface area contributed by atoms with Gasteiger partial charge in [0.25, 0.3) is 5.91 Å². The van der Waals surface area contributed by atoms with Crippen molar-refractivity contribution in [3.8, 4) is 0 Å². The van der Waals surface area contributed by atoms with E-state index < -0.39 is 24.5 Å². The second kappa shape index (κ2) is 11.0. The average Bonchev–Trinajstić information content (AvgIpc) is 3.29. The first-order valence-electron chi connectivity index (χ1n) is 11.3. The van der Waals surface area contributed by atoms with Gasteiger partial charge >= 0.3 is 5.97 Å². The maximum atomic E-state index is 13.0. The number of ether oxygens (including phenoxy) is 1. The molecule has 0 aliphatic carbocycles. The fourth-order valence-corrected chi connectivity index (χ4v) is 3.93. The third-order valence-electron chi connectivity index (χ3n) is 5.82. The lowest BCUT2D eigenvalue weighted by atomic mass is 10.0. The van der Waals surface area contributed by atoms with Crippen LogP contribution in [0.1, 0.15) is 38.8 Å². The van der Waals surface area contributed by atoms with Crippen LogP contribution in [0.25, 0.3) is 10.9 Å². The number of H-pyrrole nitrogens is 1. The number of amides is 1. The van der Waals surface area contributed by atoms with E-state index in [0.717, 1.165) is 28.5 Å². The molecule has 0 fully saturated rings. The topological polar surface area (TPSA) is 88.3 Å². The lowest BCUT2D eigenvalue weighted by molar-refractivity contribution is -0.144. The van der Waals surface area contributed by atoms with E-state index in [-0.39, 0.29) is 12.2 Å². The molecule has 1 atom stereocenters. The van der Waals surface area contributed by atoms with Gasteiger partial charge in [-0.15, -0.1) is 0 Å². The molecule has 178 valence electrons. The summed E-state index contributed by atoms with van der Waals surface area (Å²) in [5.41, 5.74) is 3.71. The molecule has 3 aromatic carbocycles. The summed E-state index contributed by atoms with van der Waals surface area (Å²) in [4.78, 5) is 41.6. The number of hydrogen-bond acceptors (Lipinski definition) is 4. The maximum absolute atomic E-state index is 13.0. The minimum atomic E-state index is -0.993. The average molecular weight is 489 g/mol. The fraction of sp³-hybridized carbons (Fsp3) is 0.179. The van der Waals surface area contributed by atoms with Gasteiger partial charge in [-0.3, -0.25) is 9.59 Å². The number of hydrogen-bond donors (Lipinski definition) is 2. The van der Waals surface area contributed by atoms with Gasteiger partial charge in [-0.25, -0.2) is 4.79 Å². The van der Waals surface area contributed by atoms with Gasteiger partial charge < -0.3 is 15.0 Å². The smallest absolute Gasteiger partial charge is 0.329 e. The maximum Gasteiger partial charge on any atom is 0.329 e. The number of carbonyl (C=O) groups is 3. The molecule has 7 heteroatoms. The SMILES string of the molecule is CCc1ccc(C(=O)COC(=O)[C@@H](Cc2c[nH]c3ccccc23)NC(=O)c2ccc(Cl)cc2)cc1. The predicted molar refractivity (Wildman–Crippen MR) is 136 cm³/mol. The monoisotopic (exact) mass is 488 g/mol. The molecule has 0 bridgehead atoms. The first kappa shape index (κ1) is 24.2. The van der Waals surface area contributed by atoms with E-state index in [1.807, 2.05) is 43.3 Å². The number of esters is 1. The van der Waals surface area contributed by atoms with Crippen LogP contribution in [0.5, 0.6) is 0 Å². The Hall–Kier alpha value is -3.90. The molecule has 1 aromatic heterocycles. The van der Waals surface area contributed by atoms with E-state index >= 15 is 0 Å². The van der Waals surface area contributed by atoms with E-state index in [9.17, 15) is 14.4 Å².